The summed E-state index contributed by atoms with van der Waals surface area (Å²) in [6.07, 6.45) is 14.2. The van der Waals surface area contributed by atoms with E-state index in [0.29, 0.717) is 0 Å². The first-order valence-corrected chi connectivity index (χ1v) is 6.32. The van der Waals surface area contributed by atoms with Crippen molar-refractivity contribution in [2.24, 2.45) is 5.73 Å². The van der Waals surface area contributed by atoms with E-state index in [4.69, 9.17) is 10.8 Å². The van der Waals surface area contributed by atoms with E-state index in [0.717, 1.165) is 19.3 Å². The Morgan fingerprint density at radius 1 is 1.06 bits per heavy atom. The molecule has 0 fully saturated rings. The molecular formula is C13H28ClNO. The first-order chi connectivity index (χ1) is 7.31. The van der Waals surface area contributed by atoms with Gasteiger partial charge in [0.25, 0.3) is 0 Å². The number of aliphatic hydroxyl groups is 1. The van der Waals surface area contributed by atoms with Gasteiger partial charge in [0, 0.05) is 6.04 Å². The Kier molecular flexibility index (Phi) is 17.1. The number of rotatable bonds is 10. The van der Waals surface area contributed by atoms with Crippen LogP contribution in [0.15, 0.2) is 12.2 Å². The normalized spacial score (nSPS) is 12.7. The van der Waals surface area contributed by atoms with E-state index >= 15 is 0 Å². The number of aliphatic hydroxyl groups excluding tert-OH is 1. The molecule has 0 aromatic carbocycles. The van der Waals surface area contributed by atoms with Crippen LogP contribution in [0.3, 0.4) is 0 Å². The third-order valence-electron chi connectivity index (χ3n) is 2.58. The van der Waals surface area contributed by atoms with Crippen molar-refractivity contribution >= 4 is 12.4 Å². The van der Waals surface area contributed by atoms with Crippen molar-refractivity contribution in [3.8, 4) is 0 Å². The van der Waals surface area contributed by atoms with Crippen LogP contribution in [0.1, 0.15) is 58.3 Å². The molecule has 0 radical (unpaired) electrons. The first kappa shape index (κ1) is 18.3. The van der Waals surface area contributed by atoms with Crippen molar-refractivity contribution in [3.05, 3.63) is 12.2 Å². The molecule has 3 heteroatoms. The van der Waals surface area contributed by atoms with Crippen LogP contribution in [0, 0.1) is 0 Å². The van der Waals surface area contributed by atoms with Crippen molar-refractivity contribution in [3.63, 3.8) is 0 Å². The molecular weight excluding hydrogens is 222 g/mol. The van der Waals surface area contributed by atoms with Crippen LogP contribution in [-0.4, -0.2) is 17.8 Å². The molecule has 0 aliphatic rings. The summed E-state index contributed by atoms with van der Waals surface area (Å²) in [6, 6.07) is -0.00233. The number of hydrogen-bond acceptors (Lipinski definition) is 2. The minimum absolute atomic E-state index is 0. The fourth-order valence-corrected chi connectivity index (χ4v) is 1.57. The molecule has 1 unspecified atom stereocenters. The van der Waals surface area contributed by atoms with E-state index in [2.05, 4.69) is 19.1 Å². The Morgan fingerprint density at radius 2 is 1.69 bits per heavy atom. The van der Waals surface area contributed by atoms with Gasteiger partial charge < -0.3 is 10.8 Å². The number of unbranched alkanes of at least 4 members (excludes halogenated alkanes) is 5. The van der Waals surface area contributed by atoms with Crippen LogP contribution in [-0.2, 0) is 0 Å². The Labute approximate surface area is 107 Å². The molecule has 0 aromatic rings. The van der Waals surface area contributed by atoms with E-state index in [-0.39, 0.29) is 25.1 Å². The molecule has 0 saturated carbocycles. The van der Waals surface area contributed by atoms with Crippen LogP contribution in [0.4, 0.5) is 0 Å². The van der Waals surface area contributed by atoms with Gasteiger partial charge >= 0.3 is 0 Å². The highest BCUT2D eigenvalue weighted by Crippen LogP contribution is 2.08. The number of nitrogens with two attached hydrogens (primary N) is 1. The lowest BCUT2D eigenvalue weighted by Crippen LogP contribution is -2.23. The van der Waals surface area contributed by atoms with E-state index < -0.39 is 0 Å². The summed E-state index contributed by atoms with van der Waals surface area (Å²) >= 11 is 0. The number of allylic oxidation sites excluding steroid dienone is 2. The molecule has 3 N–H and O–H groups in total. The van der Waals surface area contributed by atoms with Crippen LogP contribution in [0.2, 0.25) is 0 Å². The summed E-state index contributed by atoms with van der Waals surface area (Å²) in [5, 5.41) is 8.73. The fourth-order valence-electron chi connectivity index (χ4n) is 1.57. The SMILES string of the molecule is CC/C=C\CCCCCCCC(N)CO.Cl. The summed E-state index contributed by atoms with van der Waals surface area (Å²) in [6.45, 7) is 2.29. The second kappa shape index (κ2) is 14.9. The predicted molar refractivity (Wildman–Crippen MR) is 74.1 cm³/mol. The molecule has 0 amide bonds. The zero-order valence-electron chi connectivity index (χ0n) is 10.5. The van der Waals surface area contributed by atoms with Crippen molar-refractivity contribution in [2.75, 3.05) is 6.61 Å². The summed E-state index contributed by atoms with van der Waals surface area (Å²) in [4.78, 5) is 0. The summed E-state index contributed by atoms with van der Waals surface area (Å²) in [5.41, 5.74) is 5.61. The van der Waals surface area contributed by atoms with Gasteiger partial charge in [0.15, 0.2) is 0 Å². The third kappa shape index (κ3) is 13.9. The predicted octanol–water partition coefficient (Wildman–Crippen LogP) is 3.42. The quantitative estimate of drug-likeness (QED) is 0.460. The Hall–Kier alpha value is -0.0500. The summed E-state index contributed by atoms with van der Waals surface area (Å²) in [7, 11) is 0. The highest BCUT2D eigenvalue weighted by Gasteiger charge is 1.98. The zero-order valence-corrected chi connectivity index (χ0v) is 11.3. The number of hydrogen-bond donors (Lipinski definition) is 2. The molecule has 2 nitrogen and oxygen atoms in total. The van der Waals surface area contributed by atoms with Gasteiger partial charge in [-0.15, -0.1) is 12.4 Å². The average molecular weight is 250 g/mol. The van der Waals surface area contributed by atoms with Crippen molar-refractivity contribution in [1.29, 1.82) is 0 Å². The number of halogens is 1. The molecule has 0 saturated heterocycles. The molecule has 0 spiro atoms. The Morgan fingerprint density at radius 3 is 2.31 bits per heavy atom. The smallest absolute Gasteiger partial charge is 0.0582 e. The maximum atomic E-state index is 8.73. The summed E-state index contributed by atoms with van der Waals surface area (Å²) < 4.78 is 0. The van der Waals surface area contributed by atoms with Gasteiger partial charge in [-0.05, 0) is 25.7 Å². The molecule has 98 valence electrons. The minimum atomic E-state index is -0.00233. The molecule has 0 heterocycles. The second-order valence-electron chi connectivity index (χ2n) is 4.17. The highest BCUT2D eigenvalue weighted by molar-refractivity contribution is 5.85. The monoisotopic (exact) mass is 249 g/mol. The van der Waals surface area contributed by atoms with E-state index in [1.165, 1.54) is 32.1 Å². The van der Waals surface area contributed by atoms with Gasteiger partial charge in [-0.25, -0.2) is 0 Å². The Balaban J connectivity index is 0. The molecule has 0 aliphatic carbocycles. The maximum Gasteiger partial charge on any atom is 0.0582 e. The molecule has 0 rings (SSSR count). The maximum absolute atomic E-state index is 8.73. The standard InChI is InChI=1S/C13H27NO.ClH/c1-2-3-4-5-6-7-8-9-10-11-13(14)12-15;/h3-4,13,15H,2,5-12,14H2,1H3;1H/b4-3-;. The molecule has 0 aliphatic heterocycles. The lowest BCUT2D eigenvalue weighted by atomic mass is 10.1. The van der Waals surface area contributed by atoms with Crippen LogP contribution in [0.25, 0.3) is 0 Å². The topological polar surface area (TPSA) is 46.2 Å². The van der Waals surface area contributed by atoms with Gasteiger partial charge in [0.2, 0.25) is 0 Å². The van der Waals surface area contributed by atoms with Crippen LogP contribution < -0.4 is 5.73 Å². The largest absolute Gasteiger partial charge is 0.395 e. The van der Waals surface area contributed by atoms with Crippen molar-refractivity contribution in [1.82, 2.24) is 0 Å². The van der Waals surface area contributed by atoms with Gasteiger partial charge in [-0.2, -0.15) is 0 Å². The van der Waals surface area contributed by atoms with Crippen molar-refractivity contribution in [2.45, 2.75) is 64.3 Å². The molecule has 16 heavy (non-hydrogen) atoms. The average Bonchev–Trinajstić information content (AvgIpc) is 2.26. The molecule has 1 atom stereocenters. The van der Waals surface area contributed by atoms with E-state index in [1.54, 1.807) is 0 Å². The lowest BCUT2D eigenvalue weighted by Gasteiger charge is -2.06. The van der Waals surface area contributed by atoms with Crippen molar-refractivity contribution < 1.29 is 5.11 Å². The van der Waals surface area contributed by atoms with Crippen LogP contribution in [0.5, 0.6) is 0 Å². The minimum Gasteiger partial charge on any atom is -0.395 e. The summed E-state index contributed by atoms with van der Waals surface area (Å²) in [5.74, 6) is 0. The third-order valence-corrected chi connectivity index (χ3v) is 2.58. The molecule has 0 aromatic heterocycles. The highest BCUT2D eigenvalue weighted by atomic mass is 35.5. The zero-order chi connectivity index (χ0) is 11.4. The fraction of sp³-hybridized carbons (Fsp3) is 0.846. The van der Waals surface area contributed by atoms with Gasteiger partial charge in [0.05, 0.1) is 6.61 Å². The Bertz CT molecular complexity index is 151. The molecule has 0 bridgehead atoms. The van der Waals surface area contributed by atoms with E-state index in [9.17, 15) is 0 Å². The van der Waals surface area contributed by atoms with Gasteiger partial charge in [-0.3, -0.25) is 0 Å². The lowest BCUT2D eigenvalue weighted by molar-refractivity contribution is 0.257. The van der Waals surface area contributed by atoms with Gasteiger partial charge in [0.1, 0.15) is 0 Å². The van der Waals surface area contributed by atoms with Gasteiger partial charge in [-0.1, -0.05) is 44.8 Å². The van der Waals surface area contributed by atoms with Crippen LogP contribution >= 0.6 is 12.4 Å². The first-order valence-electron chi connectivity index (χ1n) is 6.32. The van der Waals surface area contributed by atoms with E-state index in [1.807, 2.05) is 0 Å². The second-order valence-corrected chi connectivity index (χ2v) is 4.17.